The minimum absolute atomic E-state index is 0.266. The van der Waals surface area contributed by atoms with Gasteiger partial charge in [-0.2, -0.15) is 4.99 Å². The Balaban J connectivity index is 1.38. The van der Waals surface area contributed by atoms with Crippen molar-refractivity contribution in [2.24, 2.45) is 4.99 Å². The Hall–Kier alpha value is -2.08. The molecular formula is C19H25FN4O. The lowest BCUT2D eigenvalue weighted by atomic mass is 9.91. The summed E-state index contributed by atoms with van der Waals surface area (Å²) >= 11 is 0. The van der Waals surface area contributed by atoms with E-state index in [4.69, 9.17) is 4.74 Å². The van der Waals surface area contributed by atoms with Crippen LogP contribution in [0.15, 0.2) is 41.3 Å². The molecule has 0 atom stereocenters. The van der Waals surface area contributed by atoms with Crippen LogP contribution in [0.25, 0.3) is 0 Å². The average Bonchev–Trinajstić information content (AvgIpc) is 2.82. The first-order chi connectivity index (χ1) is 12.3. The zero-order valence-electron chi connectivity index (χ0n) is 14.5. The smallest absolute Gasteiger partial charge is 0.215 e. The van der Waals surface area contributed by atoms with Crippen molar-refractivity contribution >= 4 is 5.90 Å². The molecule has 1 aromatic carbocycles. The first-order valence-electron chi connectivity index (χ1n) is 9.21. The van der Waals surface area contributed by atoms with E-state index in [2.05, 4.69) is 20.1 Å². The lowest BCUT2D eigenvalue weighted by Crippen LogP contribution is -2.42. The molecule has 0 radical (unpaired) electrons. The third-order valence-corrected chi connectivity index (χ3v) is 5.22. The predicted octanol–water partition coefficient (Wildman–Crippen LogP) is 2.57. The second kappa shape index (κ2) is 7.44. The van der Waals surface area contributed by atoms with Crippen LogP contribution in [0.2, 0.25) is 0 Å². The maximum absolute atomic E-state index is 13.0. The molecule has 2 fully saturated rings. The molecule has 0 aromatic heterocycles. The third-order valence-electron chi connectivity index (χ3n) is 5.22. The summed E-state index contributed by atoms with van der Waals surface area (Å²) in [6.07, 6.45) is 7.23. The molecule has 4 rings (SSSR count). The van der Waals surface area contributed by atoms with Crippen molar-refractivity contribution in [1.29, 1.82) is 0 Å². The lowest BCUT2D eigenvalue weighted by Gasteiger charge is -2.36. The minimum atomic E-state index is -0.266. The number of nitrogens with zero attached hydrogens (tertiary/aromatic N) is 3. The SMILES string of the molecule is Fc1ccc(OC2=NC(N3CCCN(C4CCC4)CC3)=CNC2)cc1. The molecule has 0 spiro atoms. The first-order valence-corrected chi connectivity index (χ1v) is 9.21. The van der Waals surface area contributed by atoms with Gasteiger partial charge in [0.15, 0.2) is 0 Å². The van der Waals surface area contributed by atoms with Gasteiger partial charge in [-0.3, -0.25) is 4.90 Å². The highest BCUT2D eigenvalue weighted by Gasteiger charge is 2.27. The van der Waals surface area contributed by atoms with E-state index in [1.807, 2.05) is 6.20 Å². The summed E-state index contributed by atoms with van der Waals surface area (Å²) in [7, 11) is 0. The van der Waals surface area contributed by atoms with Crippen LogP contribution in [0.4, 0.5) is 4.39 Å². The summed E-state index contributed by atoms with van der Waals surface area (Å²) in [6.45, 7) is 4.85. The van der Waals surface area contributed by atoms with Crippen LogP contribution in [0.1, 0.15) is 25.7 Å². The molecular weight excluding hydrogens is 319 g/mol. The molecule has 134 valence electrons. The van der Waals surface area contributed by atoms with E-state index < -0.39 is 0 Å². The van der Waals surface area contributed by atoms with E-state index in [-0.39, 0.29) is 5.82 Å². The van der Waals surface area contributed by atoms with Crippen LogP contribution >= 0.6 is 0 Å². The van der Waals surface area contributed by atoms with Crippen molar-refractivity contribution < 1.29 is 9.13 Å². The Morgan fingerprint density at radius 3 is 2.64 bits per heavy atom. The lowest BCUT2D eigenvalue weighted by molar-refractivity contribution is 0.132. The van der Waals surface area contributed by atoms with Crippen LogP contribution in [-0.4, -0.2) is 54.5 Å². The molecule has 0 unspecified atom stereocenters. The van der Waals surface area contributed by atoms with Crippen molar-refractivity contribution in [3.05, 3.63) is 42.1 Å². The maximum Gasteiger partial charge on any atom is 0.215 e. The van der Waals surface area contributed by atoms with Crippen LogP contribution in [-0.2, 0) is 0 Å². The fraction of sp³-hybridized carbons (Fsp3) is 0.526. The number of hydrogen-bond acceptors (Lipinski definition) is 5. The van der Waals surface area contributed by atoms with Gasteiger partial charge in [-0.15, -0.1) is 0 Å². The molecule has 1 aliphatic carbocycles. The number of nitrogens with one attached hydrogen (secondary N) is 1. The average molecular weight is 344 g/mol. The van der Waals surface area contributed by atoms with E-state index in [1.165, 1.54) is 37.9 Å². The topological polar surface area (TPSA) is 40.1 Å². The second-order valence-corrected chi connectivity index (χ2v) is 6.91. The molecule has 2 aliphatic heterocycles. The van der Waals surface area contributed by atoms with Gasteiger partial charge in [0, 0.05) is 38.4 Å². The largest absolute Gasteiger partial charge is 0.441 e. The van der Waals surface area contributed by atoms with Gasteiger partial charge < -0.3 is 15.0 Å². The highest BCUT2D eigenvalue weighted by Crippen LogP contribution is 2.26. The van der Waals surface area contributed by atoms with Crippen molar-refractivity contribution in [2.75, 3.05) is 32.7 Å². The molecule has 2 heterocycles. The third kappa shape index (κ3) is 3.95. The summed E-state index contributed by atoms with van der Waals surface area (Å²) < 4.78 is 18.8. The van der Waals surface area contributed by atoms with Crippen LogP contribution < -0.4 is 10.1 Å². The van der Waals surface area contributed by atoms with E-state index in [0.717, 1.165) is 37.9 Å². The van der Waals surface area contributed by atoms with Gasteiger partial charge in [0.25, 0.3) is 0 Å². The number of hydrogen-bond donors (Lipinski definition) is 1. The van der Waals surface area contributed by atoms with Gasteiger partial charge >= 0.3 is 0 Å². The fourth-order valence-electron chi connectivity index (χ4n) is 3.57. The van der Waals surface area contributed by atoms with Crippen molar-refractivity contribution in [1.82, 2.24) is 15.1 Å². The number of halogens is 1. The van der Waals surface area contributed by atoms with Gasteiger partial charge in [-0.05, 0) is 43.5 Å². The Kier molecular flexibility index (Phi) is 4.88. The van der Waals surface area contributed by atoms with Gasteiger partial charge in [-0.25, -0.2) is 4.39 Å². The molecule has 3 aliphatic rings. The number of benzene rings is 1. The van der Waals surface area contributed by atoms with E-state index in [1.54, 1.807) is 12.1 Å². The van der Waals surface area contributed by atoms with Crippen molar-refractivity contribution in [3.8, 4) is 5.75 Å². The Morgan fingerprint density at radius 2 is 1.88 bits per heavy atom. The normalized spacial score (nSPS) is 22.4. The second-order valence-electron chi connectivity index (χ2n) is 6.91. The maximum atomic E-state index is 13.0. The van der Waals surface area contributed by atoms with Gasteiger partial charge in [0.1, 0.15) is 17.4 Å². The standard InChI is InChI=1S/C19H25FN4O/c20-15-5-7-17(8-6-15)25-19-14-21-13-18(22-19)24-10-2-9-23(11-12-24)16-3-1-4-16/h5-8,13,16,21H,1-4,9-12,14H2. The fourth-order valence-corrected chi connectivity index (χ4v) is 3.57. The zero-order valence-corrected chi connectivity index (χ0v) is 14.5. The molecule has 1 aromatic rings. The number of aliphatic imine (C=N–C) groups is 1. The predicted molar refractivity (Wildman–Crippen MR) is 96.0 cm³/mol. The van der Waals surface area contributed by atoms with E-state index in [0.29, 0.717) is 18.2 Å². The molecule has 0 bridgehead atoms. The molecule has 5 nitrogen and oxygen atoms in total. The molecule has 0 amide bonds. The first kappa shape index (κ1) is 16.4. The molecule has 1 saturated carbocycles. The number of ether oxygens (including phenoxy) is 1. The van der Waals surface area contributed by atoms with Gasteiger partial charge in [0.2, 0.25) is 5.90 Å². The summed E-state index contributed by atoms with van der Waals surface area (Å²) in [5.41, 5.74) is 0. The summed E-state index contributed by atoms with van der Waals surface area (Å²) in [4.78, 5) is 9.65. The highest BCUT2D eigenvalue weighted by molar-refractivity contribution is 5.82. The van der Waals surface area contributed by atoms with E-state index in [9.17, 15) is 4.39 Å². The molecule has 1 saturated heterocycles. The Bertz CT molecular complexity index is 654. The summed E-state index contributed by atoms with van der Waals surface area (Å²) in [6, 6.07) is 6.84. The summed E-state index contributed by atoms with van der Waals surface area (Å²) in [5, 5.41) is 3.24. The number of rotatable bonds is 3. The zero-order chi connectivity index (χ0) is 17.1. The van der Waals surface area contributed by atoms with Crippen molar-refractivity contribution in [3.63, 3.8) is 0 Å². The summed E-state index contributed by atoms with van der Waals surface area (Å²) in [5.74, 6) is 1.88. The van der Waals surface area contributed by atoms with Crippen LogP contribution in [0.5, 0.6) is 5.75 Å². The van der Waals surface area contributed by atoms with Gasteiger partial charge in [-0.1, -0.05) is 6.42 Å². The van der Waals surface area contributed by atoms with E-state index >= 15 is 0 Å². The molecule has 6 heteroatoms. The van der Waals surface area contributed by atoms with Crippen molar-refractivity contribution in [2.45, 2.75) is 31.7 Å². The van der Waals surface area contributed by atoms with Crippen LogP contribution in [0, 0.1) is 5.82 Å². The molecule has 1 N–H and O–H groups in total. The Labute approximate surface area is 148 Å². The highest BCUT2D eigenvalue weighted by atomic mass is 19.1. The van der Waals surface area contributed by atoms with Gasteiger partial charge in [0.05, 0.1) is 6.54 Å². The molecule has 25 heavy (non-hydrogen) atoms. The Morgan fingerprint density at radius 1 is 1.04 bits per heavy atom. The monoisotopic (exact) mass is 344 g/mol. The van der Waals surface area contributed by atoms with Crippen LogP contribution in [0.3, 0.4) is 0 Å². The minimum Gasteiger partial charge on any atom is -0.441 e. The quantitative estimate of drug-likeness (QED) is 0.915.